The van der Waals surface area contributed by atoms with E-state index >= 15 is 0 Å². The van der Waals surface area contributed by atoms with Crippen molar-refractivity contribution in [3.8, 4) is 0 Å². The highest BCUT2D eigenvalue weighted by Gasteiger charge is 2.36. The van der Waals surface area contributed by atoms with Crippen LogP contribution in [0.3, 0.4) is 0 Å². The third kappa shape index (κ3) is 3.53. The van der Waals surface area contributed by atoms with Crippen LogP contribution in [0, 0.1) is 5.92 Å². The summed E-state index contributed by atoms with van der Waals surface area (Å²) in [5.41, 5.74) is 0.921. The number of hydrogen-bond donors (Lipinski definition) is 2. The van der Waals surface area contributed by atoms with E-state index in [-0.39, 0.29) is 29.5 Å². The Morgan fingerprint density at radius 3 is 2.58 bits per heavy atom. The third-order valence-corrected chi connectivity index (χ3v) is 5.84. The van der Waals surface area contributed by atoms with Gasteiger partial charge < -0.3 is 10.2 Å². The van der Waals surface area contributed by atoms with Crippen molar-refractivity contribution in [3.63, 3.8) is 0 Å². The molecule has 2 amide bonds. The summed E-state index contributed by atoms with van der Waals surface area (Å²) in [6.07, 6.45) is 1.72. The first-order valence-electron chi connectivity index (χ1n) is 8.08. The number of anilines is 1. The smallest absolute Gasteiger partial charge is 0.253 e. The Morgan fingerprint density at radius 2 is 1.96 bits per heavy atom. The number of carbonyl (C=O) groups is 2. The van der Waals surface area contributed by atoms with Gasteiger partial charge in [-0.25, -0.2) is 8.42 Å². The number of hydrogen-bond acceptors (Lipinski definition) is 4. The number of fused-ring (bicyclic) bond motifs is 4. The normalized spacial score (nSPS) is 23.5. The molecule has 130 valence electrons. The van der Waals surface area contributed by atoms with Crippen molar-refractivity contribution in [2.24, 2.45) is 5.92 Å². The first kappa shape index (κ1) is 16.8. The van der Waals surface area contributed by atoms with Crippen LogP contribution in [0.4, 0.5) is 5.69 Å². The predicted octanol–water partition coefficient (Wildman–Crippen LogP) is 0.799. The van der Waals surface area contributed by atoms with E-state index in [2.05, 4.69) is 10.0 Å². The molecule has 24 heavy (non-hydrogen) atoms. The summed E-state index contributed by atoms with van der Waals surface area (Å²) >= 11 is 0. The van der Waals surface area contributed by atoms with E-state index < -0.39 is 10.0 Å². The number of piperidine rings is 1. The zero-order chi connectivity index (χ0) is 17.3. The highest BCUT2D eigenvalue weighted by atomic mass is 32.2. The van der Waals surface area contributed by atoms with Crippen LogP contribution in [0.2, 0.25) is 0 Å². The van der Waals surface area contributed by atoms with Gasteiger partial charge in [0.1, 0.15) is 0 Å². The molecule has 3 saturated heterocycles. The first-order chi connectivity index (χ1) is 11.4. The highest BCUT2D eigenvalue weighted by Crippen LogP contribution is 2.24. The molecule has 4 rings (SSSR count). The van der Waals surface area contributed by atoms with Crippen LogP contribution >= 0.6 is 0 Å². The summed E-state index contributed by atoms with van der Waals surface area (Å²) in [7, 11) is -3.33. The largest absolute Gasteiger partial charge is 0.351 e. The molecule has 2 N–H and O–H groups in total. The van der Waals surface area contributed by atoms with Crippen molar-refractivity contribution in [1.82, 2.24) is 10.2 Å². The zero-order valence-corrected chi connectivity index (χ0v) is 14.3. The van der Waals surface area contributed by atoms with Gasteiger partial charge >= 0.3 is 0 Å². The van der Waals surface area contributed by atoms with E-state index in [1.807, 2.05) is 0 Å². The van der Waals surface area contributed by atoms with Gasteiger partial charge in [-0.2, -0.15) is 0 Å². The zero-order valence-electron chi connectivity index (χ0n) is 13.5. The predicted molar refractivity (Wildman–Crippen MR) is 90.1 cm³/mol. The lowest BCUT2D eigenvalue weighted by Crippen LogP contribution is -2.43. The van der Waals surface area contributed by atoms with Gasteiger partial charge in [0.25, 0.3) is 5.91 Å². The average Bonchev–Trinajstić information content (AvgIpc) is 2.86. The van der Waals surface area contributed by atoms with Gasteiger partial charge in [-0.1, -0.05) is 0 Å². The molecular weight excluding hydrogens is 330 g/mol. The SMILES string of the molecule is CCS(=O)(=O)Nc1ccc(C(=O)N2C[C@@H]3CC[C@H](C2)C(=O)N3)cc1. The maximum absolute atomic E-state index is 12.7. The molecule has 0 saturated carbocycles. The van der Waals surface area contributed by atoms with Gasteiger partial charge in [0.05, 0.1) is 11.7 Å². The topological polar surface area (TPSA) is 95.6 Å². The number of benzene rings is 1. The lowest BCUT2D eigenvalue weighted by atomic mass is 9.96. The van der Waals surface area contributed by atoms with Gasteiger partial charge in [-0.3, -0.25) is 14.3 Å². The van der Waals surface area contributed by atoms with E-state index in [1.54, 1.807) is 36.1 Å². The Balaban J connectivity index is 1.72. The molecular formula is C16H21N3O4S. The summed E-state index contributed by atoms with van der Waals surface area (Å²) in [5.74, 6) is -0.242. The van der Waals surface area contributed by atoms with Gasteiger partial charge in [0.2, 0.25) is 15.9 Å². The van der Waals surface area contributed by atoms with E-state index in [1.165, 1.54) is 0 Å². The summed E-state index contributed by atoms with van der Waals surface area (Å²) < 4.78 is 25.6. The maximum atomic E-state index is 12.7. The Kier molecular flexibility index (Phi) is 4.49. The molecule has 0 aliphatic carbocycles. The second-order valence-corrected chi connectivity index (χ2v) is 8.28. The van der Waals surface area contributed by atoms with Gasteiger partial charge in [0.15, 0.2) is 0 Å². The van der Waals surface area contributed by atoms with E-state index in [0.29, 0.717) is 24.3 Å². The fourth-order valence-corrected chi connectivity index (χ4v) is 3.76. The molecule has 3 fully saturated rings. The van der Waals surface area contributed by atoms with Crippen LogP contribution in [0.25, 0.3) is 0 Å². The Bertz CT molecular complexity index is 745. The number of amides is 2. The van der Waals surface area contributed by atoms with Crippen LogP contribution in [-0.2, 0) is 14.8 Å². The lowest BCUT2D eigenvalue weighted by Gasteiger charge is -2.23. The molecule has 3 aliphatic rings. The van der Waals surface area contributed by atoms with E-state index in [9.17, 15) is 18.0 Å². The van der Waals surface area contributed by atoms with Crippen molar-refractivity contribution in [2.45, 2.75) is 25.8 Å². The molecule has 3 heterocycles. The van der Waals surface area contributed by atoms with Crippen molar-refractivity contribution < 1.29 is 18.0 Å². The molecule has 1 aromatic carbocycles. The quantitative estimate of drug-likeness (QED) is 0.839. The van der Waals surface area contributed by atoms with Gasteiger partial charge in [-0.05, 0) is 44.0 Å². The molecule has 1 aromatic rings. The number of rotatable bonds is 4. The first-order valence-corrected chi connectivity index (χ1v) is 9.73. The minimum absolute atomic E-state index is 0.00867. The van der Waals surface area contributed by atoms with Crippen molar-refractivity contribution in [3.05, 3.63) is 29.8 Å². The van der Waals surface area contributed by atoms with E-state index in [0.717, 1.165) is 12.8 Å². The van der Waals surface area contributed by atoms with Crippen LogP contribution in [-0.4, -0.2) is 50.0 Å². The van der Waals surface area contributed by atoms with Crippen molar-refractivity contribution >= 4 is 27.5 Å². The average molecular weight is 351 g/mol. The minimum atomic E-state index is -3.33. The molecule has 8 heteroatoms. The van der Waals surface area contributed by atoms with Crippen LogP contribution < -0.4 is 10.0 Å². The fourth-order valence-electron chi connectivity index (χ4n) is 3.12. The van der Waals surface area contributed by atoms with Crippen molar-refractivity contribution in [1.29, 1.82) is 0 Å². The fraction of sp³-hybridized carbons (Fsp3) is 0.500. The second-order valence-electron chi connectivity index (χ2n) is 6.27. The number of nitrogens with zero attached hydrogens (tertiary/aromatic N) is 1. The highest BCUT2D eigenvalue weighted by molar-refractivity contribution is 7.92. The molecule has 2 atom stereocenters. The Morgan fingerprint density at radius 1 is 1.25 bits per heavy atom. The lowest BCUT2D eigenvalue weighted by molar-refractivity contribution is -0.126. The van der Waals surface area contributed by atoms with Crippen molar-refractivity contribution in [2.75, 3.05) is 23.6 Å². The molecule has 3 aliphatic heterocycles. The standard InChI is InChI=1S/C16H21N3O4S/c1-2-24(22,23)18-13-6-3-11(4-7-13)16(21)19-9-12-5-8-14(10-19)17-15(12)20/h3-4,6-7,12,14,18H,2,5,8-10H2,1H3,(H,17,20)/t12-,14+/m1/s1. The van der Waals surface area contributed by atoms with Gasteiger partial charge in [-0.15, -0.1) is 0 Å². The molecule has 2 bridgehead atoms. The Hall–Kier alpha value is -2.09. The minimum Gasteiger partial charge on any atom is -0.351 e. The molecule has 0 spiro atoms. The van der Waals surface area contributed by atoms with Crippen LogP contribution in [0.15, 0.2) is 24.3 Å². The summed E-state index contributed by atoms with van der Waals surface area (Å²) in [6.45, 7) is 2.51. The van der Waals surface area contributed by atoms with Crippen LogP contribution in [0.1, 0.15) is 30.1 Å². The second kappa shape index (κ2) is 6.43. The summed E-state index contributed by atoms with van der Waals surface area (Å²) in [5, 5.41) is 2.95. The molecule has 7 nitrogen and oxygen atoms in total. The number of nitrogens with one attached hydrogen (secondary N) is 2. The van der Waals surface area contributed by atoms with Gasteiger partial charge in [0, 0.05) is 30.4 Å². The molecule has 0 unspecified atom stereocenters. The molecule has 0 radical (unpaired) electrons. The number of sulfonamides is 1. The Labute approximate surface area is 141 Å². The third-order valence-electron chi connectivity index (χ3n) is 4.53. The monoisotopic (exact) mass is 351 g/mol. The number of carbonyl (C=O) groups excluding carboxylic acids is 2. The van der Waals surface area contributed by atoms with Crippen LogP contribution in [0.5, 0.6) is 0 Å². The summed E-state index contributed by atoms with van der Waals surface area (Å²) in [4.78, 5) is 26.3. The van der Waals surface area contributed by atoms with E-state index in [4.69, 9.17) is 0 Å². The molecule has 0 aromatic heterocycles. The summed E-state index contributed by atoms with van der Waals surface area (Å²) in [6, 6.07) is 6.40. The maximum Gasteiger partial charge on any atom is 0.253 e.